The number of nitrogens with one attached hydrogen (secondary N) is 2. The van der Waals surface area contributed by atoms with Gasteiger partial charge in [0.05, 0.1) is 28.1 Å². The maximum atomic E-state index is 14.9. The Morgan fingerprint density at radius 1 is 1.03 bits per heavy atom. The van der Waals surface area contributed by atoms with Crippen LogP contribution in [0.1, 0.15) is 21.6 Å². The number of halogens is 4. The summed E-state index contributed by atoms with van der Waals surface area (Å²) < 4.78 is 59.7. The maximum Gasteiger partial charge on any atom is 0.416 e. The van der Waals surface area contributed by atoms with E-state index in [1.807, 2.05) is 0 Å². The molecule has 4 aromatic rings. The van der Waals surface area contributed by atoms with Gasteiger partial charge in [-0.2, -0.15) is 13.2 Å². The standard InChI is InChI=1S/C24H16F4N4O2/c25-16-5-2-6-20(34-14-4-1-3-13(11-14)24(26,27)28)21(16)22-29-9-8-18(32-22)19-12-15-17(31-19)7-10-30-23(15)33/h1-6,8-9,11-12,31H,7,10H2,(H,30,33). The summed E-state index contributed by atoms with van der Waals surface area (Å²) in [5.74, 6) is -1.06. The molecule has 0 unspecified atom stereocenters. The van der Waals surface area contributed by atoms with Crippen LogP contribution in [-0.2, 0) is 12.6 Å². The number of alkyl halides is 3. The lowest BCUT2D eigenvalue weighted by atomic mass is 10.1. The van der Waals surface area contributed by atoms with E-state index >= 15 is 0 Å². The van der Waals surface area contributed by atoms with Crippen molar-refractivity contribution in [2.24, 2.45) is 0 Å². The van der Waals surface area contributed by atoms with Gasteiger partial charge in [-0.3, -0.25) is 4.79 Å². The molecule has 0 aliphatic carbocycles. The van der Waals surface area contributed by atoms with Crippen LogP contribution in [0.3, 0.4) is 0 Å². The van der Waals surface area contributed by atoms with Crippen molar-refractivity contribution in [3.05, 3.63) is 83.4 Å². The van der Waals surface area contributed by atoms with Crippen LogP contribution in [0.2, 0.25) is 0 Å². The SMILES string of the molecule is O=C1NCCc2[nH]c(-c3ccnc(-c4c(F)cccc4Oc4cccc(C(F)(F)F)c4)n3)cc21. The van der Waals surface area contributed by atoms with Crippen LogP contribution in [0, 0.1) is 5.82 Å². The molecule has 34 heavy (non-hydrogen) atoms. The summed E-state index contributed by atoms with van der Waals surface area (Å²) in [6, 6.07) is 11.6. The van der Waals surface area contributed by atoms with E-state index in [9.17, 15) is 22.4 Å². The van der Waals surface area contributed by atoms with Crippen LogP contribution in [0.5, 0.6) is 11.5 Å². The summed E-state index contributed by atoms with van der Waals surface area (Å²) in [5.41, 5.74) is 1.28. The molecule has 3 heterocycles. The van der Waals surface area contributed by atoms with Crippen molar-refractivity contribution in [2.75, 3.05) is 6.54 Å². The normalized spacial score (nSPS) is 13.4. The lowest BCUT2D eigenvalue weighted by Gasteiger charge is -2.13. The zero-order chi connectivity index (χ0) is 23.9. The van der Waals surface area contributed by atoms with E-state index in [1.165, 1.54) is 36.5 Å². The highest BCUT2D eigenvalue weighted by molar-refractivity contribution is 5.97. The lowest BCUT2D eigenvalue weighted by molar-refractivity contribution is -0.137. The van der Waals surface area contributed by atoms with Gasteiger partial charge in [-0.15, -0.1) is 0 Å². The Hall–Kier alpha value is -4.21. The summed E-state index contributed by atoms with van der Waals surface area (Å²) in [5, 5.41) is 2.76. The van der Waals surface area contributed by atoms with E-state index in [4.69, 9.17) is 4.74 Å². The first-order chi connectivity index (χ1) is 16.3. The molecule has 0 fully saturated rings. The molecule has 6 nitrogen and oxygen atoms in total. The molecule has 172 valence electrons. The summed E-state index contributed by atoms with van der Waals surface area (Å²) in [6.45, 7) is 0.520. The minimum atomic E-state index is -4.55. The van der Waals surface area contributed by atoms with Crippen LogP contribution >= 0.6 is 0 Å². The molecular weight excluding hydrogens is 452 g/mol. The van der Waals surface area contributed by atoms with Crippen molar-refractivity contribution >= 4 is 5.91 Å². The van der Waals surface area contributed by atoms with E-state index < -0.39 is 17.6 Å². The Morgan fingerprint density at radius 2 is 1.85 bits per heavy atom. The third kappa shape index (κ3) is 4.09. The van der Waals surface area contributed by atoms with Crippen LogP contribution in [0.4, 0.5) is 17.6 Å². The fourth-order valence-corrected chi connectivity index (χ4v) is 3.73. The van der Waals surface area contributed by atoms with E-state index in [0.29, 0.717) is 29.9 Å². The third-order valence-corrected chi connectivity index (χ3v) is 5.32. The van der Waals surface area contributed by atoms with Crippen LogP contribution < -0.4 is 10.1 Å². The molecule has 0 bridgehead atoms. The van der Waals surface area contributed by atoms with Gasteiger partial charge < -0.3 is 15.0 Å². The second-order valence-electron chi connectivity index (χ2n) is 7.59. The number of aromatic amines is 1. The summed E-state index contributed by atoms with van der Waals surface area (Å²) in [6.07, 6.45) is -2.48. The highest BCUT2D eigenvalue weighted by Crippen LogP contribution is 2.37. The third-order valence-electron chi connectivity index (χ3n) is 5.32. The van der Waals surface area contributed by atoms with Gasteiger partial charge >= 0.3 is 6.18 Å². The molecular formula is C24H16F4N4O2. The highest BCUT2D eigenvalue weighted by Gasteiger charge is 2.31. The Labute approximate surface area is 190 Å². The number of aromatic nitrogens is 3. The zero-order valence-corrected chi connectivity index (χ0v) is 17.4. The van der Waals surface area contributed by atoms with Crippen molar-refractivity contribution in [2.45, 2.75) is 12.6 Å². The highest BCUT2D eigenvalue weighted by atomic mass is 19.4. The first-order valence-corrected chi connectivity index (χ1v) is 10.3. The number of hydrogen-bond donors (Lipinski definition) is 2. The average Bonchev–Trinajstić information content (AvgIpc) is 3.25. The molecule has 1 amide bonds. The quantitative estimate of drug-likeness (QED) is 0.395. The van der Waals surface area contributed by atoms with Crippen LogP contribution in [0.25, 0.3) is 22.8 Å². The number of hydrogen-bond acceptors (Lipinski definition) is 4. The number of rotatable bonds is 4. The minimum absolute atomic E-state index is 0.0189. The first kappa shape index (κ1) is 21.6. The van der Waals surface area contributed by atoms with E-state index in [2.05, 4.69) is 20.3 Å². The van der Waals surface area contributed by atoms with Gasteiger partial charge in [-0.05, 0) is 42.5 Å². The van der Waals surface area contributed by atoms with Crippen molar-refractivity contribution in [3.63, 3.8) is 0 Å². The fourth-order valence-electron chi connectivity index (χ4n) is 3.73. The maximum absolute atomic E-state index is 14.9. The Kier molecular flexibility index (Phi) is 5.27. The predicted octanol–water partition coefficient (Wildman–Crippen LogP) is 5.37. The smallest absolute Gasteiger partial charge is 0.416 e. The largest absolute Gasteiger partial charge is 0.456 e. The second kappa shape index (κ2) is 8.29. The summed E-state index contributed by atoms with van der Waals surface area (Å²) in [4.78, 5) is 23.8. The average molecular weight is 468 g/mol. The van der Waals surface area contributed by atoms with E-state index in [1.54, 1.807) is 12.1 Å². The molecule has 0 radical (unpaired) electrons. The molecule has 0 saturated carbocycles. The lowest BCUT2D eigenvalue weighted by Crippen LogP contribution is -2.31. The Morgan fingerprint density at radius 3 is 2.65 bits per heavy atom. The summed E-state index contributed by atoms with van der Waals surface area (Å²) >= 11 is 0. The fraction of sp³-hybridized carbons (Fsp3) is 0.125. The number of carbonyl (C=O) groups excluding carboxylic acids is 1. The first-order valence-electron chi connectivity index (χ1n) is 10.3. The van der Waals surface area contributed by atoms with Gasteiger partial charge in [0.2, 0.25) is 0 Å². The molecule has 2 aromatic heterocycles. The van der Waals surface area contributed by atoms with E-state index in [-0.39, 0.29) is 28.8 Å². The predicted molar refractivity (Wildman–Crippen MR) is 115 cm³/mol. The van der Waals surface area contributed by atoms with Gasteiger partial charge in [0.15, 0.2) is 5.82 Å². The van der Waals surface area contributed by atoms with Crippen molar-refractivity contribution in [1.29, 1.82) is 0 Å². The van der Waals surface area contributed by atoms with Gasteiger partial charge in [0, 0.05) is 24.9 Å². The number of nitrogens with zero attached hydrogens (tertiary/aromatic N) is 2. The molecule has 2 N–H and O–H groups in total. The molecule has 5 rings (SSSR count). The van der Waals surface area contributed by atoms with Gasteiger partial charge in [-0.1, -0.05) is 12.1 Å². The number of fused-ring (bicyclic) bond motifs is 1. The number of ether oxygens (including phenoxy) is 1. The summed E-state index contributed by atoms with van der Waals surface area (Å²) in [7, 11) is 0. The molecule has 0 spiro atoms. The van der Waals surface area contributed by atoms with Crippen molar-refractivity contribution < 1.29 is 27.1 Å². The molecule has 0 saturated heterocycles. The Bertz CT molecular complexity index is 1400. The zero-order valence-electron chi connectivity index (χ0n) is 17.4. The van der Waals surface area contributed by atoms with E-state index in [0.717, 1.165) is 17.8 Å². The van der Waals surface area contributed by atoms with Crippen molar-refractivity contribution in [1.82, 2.24) is 20.3 Å². The monoisotopic (exact) mass is 468 g/mol. The Balaban J connectivity index is 1.53. The van der Waals surface area contributed by atoms with Crippen molar-refractivity contribution in [3.8, 4) is 34.3 Å². The van der Waals surface area contributed by atoms with Gasteiger partial charge in [-0.25, -0.2) is 14.4 Å². The molecule has 10 heteroatoms. The van der Waals surface area contributed by atoms with Crippen LogP contribution in [-0.4, -0.2) is 27.4 Å². The molecule has 1 aliphatic rings. The number of H-pyrrole nitrogens is 1. The molecule has 1 aliphatic heterocycles. The van der Waals surface area contributed by atoms with Gasteiger partial charge in [0.25, 0.3) is 5.91 Å². The number of amides is 1. The van der Waals surface area contributed by atoms with Crippen LogP contribution in [0.15, 0.2) is 60.8 Å². The topological polar surface area (TPSA) is 79.9 Å². The van der Waals surface area contributed by atoms with Gasteiger partial charge in [0.1, 0.15) is 17.3 Å². The minimum Gasteiger partial charge on any atom is -0.456 e. The molecule has 2 aromatic carbocycles. The second-order valence-corrected chi connectivity index (χ2v) is 7.59. The number of carbonyl (C=O) groups is 1. The number of benzene rings is 2. The molecule has 0 atom stereocenters.